The van der Waals surface area contributed by atoms with Gasteiger partial charge in [0.2, 0.25) is 0 Å². The van der Waals surface area contributed by atoms with Gasteiger partial charge in [-0.3, -0.25) is 0 Å². The third-order valence-corrected chi connectivity index (χ3v) is 11.0. The SMILES string of the molecule is c1ccc(-c2ccc(-c3nc(-c4ccc5c(c4)oc4c6ccccc6c(-c6cccc7ccccc67)cc54)nc(-c4ccccc4-c4ccccc4)n3)cc2)cc1. The number of furan rings is 1. The molecule has 266 valence electrons. The predicted octanol–water partition coefficient (Wildman–Crippen LogP) is 14.1. The molecule has 0 aliphatic rings. The molecule has 0 radical (unpaired) electrons. The Balaban J connectivity index is 1.09. The fraction of sp³-hybridized carbons (Fsp3) is 0. The van der Waals surface area contributed by atoms with Crippen molar-refractivity contribution in [2.24, 2.45) is 0 Å². The Morgan fingerprint density at radius 3 is 1.61 bits per heavy atom. The predicted molar refractivity (Wildman–Crippen MR) is 235 cm³/mol. The highest BCUT2D eigenvalue weighted by atomic mass is 16.3. The average molecular weight is 728 g/mol. The lowest BCUT2D eigenvalue weighted by Gasteiger charge is -2.12. The van der Waals surface area contributed by atoms with Crippen molar-refractivity contribution in [3.8, 4) is 67.5 Å². The van der Waals surface area contributed by atoms with Gasteiger partial charge in [-0.15, -0.1) is 0 Å². The largest absolute Gasteiger partial charge is 0.455 e. The number of aromatic nitrogens is 3. The molecule has 0 amide bonds. The summed E-state index contributed by atoms with van der Waals surface area (Å²) in [5.74, 6) is 1.79. The maximum Gasteiger partial charge on any atom is 0.164 e. The van der Waals surface area contributed by atoms with Gasteiger partial charge in [-0.25, -0.2) is 15.0 Å². The molecule has 0 aliphatic heterocycles. The summed E-state index contributed by atoms with van der Waals surface area (Å²) in [6, 6.07) is 69.8. The third kappa shape index (κ3) is 5.74. The fourth-order valence-corrected chi connectivity index (χ4v) is 8.16. The van der Waals surface area contributed by atoms with Gasteiger partial charge in [0.05, 0.1) is 0 Å². The van der Waals surface area contributed by atoms with Crippen molar-refractivity contribution < 1.29 is 4.42 Å². The van der Waals surface area contributed by atoms with E-state index in [0.29, 0.717) is 17.5 Å². The number of rotatable bonds is 6. The number of benzene rings is 9. The van der Waals surface area contributed by atoms with Gasteiger partial charge >= 0.3 is 0 Å². The zero-order valence-electron chi connectivity index (χ0n) is 30.8. The van der Waals surface area contributed by atoms with Crippen molar-refractivity contribution in [1.82, 2.24) is 15.0 Å². The highest BCUT2D eigenvalue weighted by Crippen LogP contribution is 2.42. The van der Waals surface area contributed by atoms with Crippen LogP contribution in [-0.2, 0) is 0 Å². The molecule has 4 nitrogen and oxygen atoms in total. The molecule has 2 aromatic heterocycles. The van der Waals surface area contributed by atoms with Crippen LogP contribution in [0, 0.1) is 0 Å². The van der Waals surface area contributed by atoms with Crippen LogP contribution < -0.4 is 0 Å². The first-order valence-corrected chi connectivity index (χ1v) is 19.2. The summed E-state index contributed by atoms with van der Waals surface area (Å²) in [4.78, 5) is 15.4. The summed E-state index contributed by atoms with van der Waals surface area (Å²) < 4.78 is 6.80. The summed E-state index contributed by atoms with van der Waals surface area (Å²) in [5.41, 5.74) is 11.2. The van der Waals surface area contributed by atoms with Crippen LogP contribution in [0.4, 0.5) is 0 Å². The second kappa shape index (κ2) is 13.6. The van der Waals surface area contributed by atoms with Crippen molar-refractivity contribution in [2.45, 2.75) is 0 Å². The summed E-state index contributed by atoms with van der Waals surface area (Å²) in [6.45, 7) is 0. The van der Waals surface area contributed by atoms with Crippen molar-refractivity contribution >= 4 is 43.5 Å². The van der Waals surface area contributed by atoms with Gasteiger partial charge in [0, 0.05) is 32.8 Å². The number of nitrogens with zero attached hydrogens (tertiary/aromatic N) is 3. The summed E-state index contributed by atoms with van der Waals surface area (Å²) in [5, 5.41) is 6.80. The van der Waals surface area contributed by atoms with E-state index in [4.69, 9.17) is 19.4 Å². The van der Waals surface area contributed by atoms with E-state index in [9.17, 15) is 0 Å². The number of hydrogen-bond acceptors (Lipinski definition) is 4. The van der Waals surface area contributed by atoms with Crippen LogP contribution in [0.5, 0.6) is 0 Å². The lowest BCUT2D eigenvalue weighted by molar-refractivity contribution is 0.673. The smallest absolute Gasteiger partial charge is 0.164 e. The average Bonchev–Trinajstić information content (AvgIpc) is 3.67. The summed E-state index contributed by atoms with van der Waals surface area (Å²) in [7, 11) is 0. The van der Waals surface area contributed by atoms with Crippen LogP contribution >= 0.6 is 0 Å². The topological polar surface area (TPSA) is 51.8 Å². The minimum atomic E-state index is 0.577. The Morgan fingerprint density at radius 1 is 0.281 bits per heavy atom. The van der Waals surface area contributed by atoms with E-state index in [1.165, 1.54) is 21.9 Å². The van der Waals surface area contributed by atoms with E-state index in [-0.39, 0.29) is 0 Å². The number of fused-ring (bicyclic) bond motifs is 6. The maximum atomic E-state index is 6.80. The van der Waals surface area contributed by atoms with E-state index >= 15 is 0 Å². The maximum absolute atomic E-state index is 6.80. The summed E-state index contributed by atoms with van der Waals surface area (Å²) in [6.07, 6.45) is 0. The van der Waals surface area contributed by atoms with E-state index in [2.05, 4.69) is 182 Å². The van der Waals surface area contributed by atoms with Crippen molar-refractivity contribution in [2.75, 3.05) is 0 Å². The van der Waals surface area contributed by atoms with Crippen LogP contribution in [0.2, 0.25) is 0 Å². The first kappa shape index (κ1) is 32.7. The standard InChI is InChI=1S/C53H33N3O/c1-3-14-34(15-4-1)35-26-28-38(29-27-35)51-54-52(56-53(55-51)46-24-12-9-21-41(46)36-16-5-2-6-17-36)39-30-31-44-48-33-47(42-25-13-19-37-18-7-8-20-40(37)42)43-22-10-11-23-45(43)50(48)57-49(44)32-39/h1-33H. The Morgan fingerprint density at radius 2 is 0.825 bits per heavy atom. The zero-order valence-corrected chi connectivity index (χ0v) is 30.8. The second-order valence-corrected chi connectivity index (χ2v) is 14.3. The Bertz CT molecular complexity index is 3270. The first-order chi connectivity index (χ1) is 28.2. The minimum absolute atomic E-state index is 0.577. The Hall–Kier alpha value is -7.69. The molecule has 2 heterocycles. The molecule has 0 unspecified atom stereocenters. The molecule has 0 atom stereocenters. The molecular weight excluding hydrogens is 695 g/mol. The summed E-state index contributed by atoms with van der Waals surface area (Å²) >= 11 is 0. The third-order valence-electron chi connectivity index (χ3n) is 11.0. The van der Waals surface area contributed by atoms with Crippen LogP contribution in [0.1, 0.15) is 0 Å². The van der Waals surface area contributed by atoms with Gasteiger partial charge in [-0.1, -0.05) is 182 Å². The quantitative estimate of drug-likeness (QED) is 0.171. The van der Waals surface area contributed by atoms with E-state index in [0.717, 1.165) is 71.7 Å². The van der Waals surface area contributed by atoms with Crippen LogP contribution in [0.15, 0.2) is 205 Å². The monoisotopic (exact) mass is 727 g/mol. The molecule has 0 spiro atoms. The van der Waals surface area contributed by atoms with Crippen molar-refractivity contribution in [3.05, 3.63) is 200 Å². The molecule has 9 aromatic carbocycles. The Kier molecular flexibility index (Phi) is 7.78. The zero-order chi connectivity index (χ0) is 37.7. The molecule has 0 saturated heterocycles. The van der Waals surface area contributed by atoms with Crippen LogP contribution in [0.25, 0.3) is 111 Å². The van der Waals surface area contributed by atoms with Gasteiger partial charge in [0.1, 0.15) is 11.2 Å². The van der Waals surface area contributed by atoms with Gasteiger partial charge in [-0.05, 0) is 67.7 Å². The minimum Gasteiger partial charge on any atom is -0.455 e. The molecule has 0 N–H and O–H groups in total. The van der Waals surface area contributed by atoms with Gasteiger partial charge in [0.25, 0.3) is 0 Å². The number of hydrogen-bond donors (Lipinski definition) is 0. The highest BCUT2D eigenvalue weighted by molar-refractivity contribution is 6.20. The van der Waals surface area contributed by atoms with Crippen molar-refractivity contribution in [3.63, 3.8) is 0 Å². The molecule has 0 saturated carbocycles. The fourth-order valence-electron chi connectivity index (χ4n) is 8.16. The van der Waals surface area contributed by atoms with E-state index in [1.807, 2.05) is 18.2 Å². The molecule has 4 heteroatoms. The molecule has 0 bridgehead atoms. The van der Waals surface area contributed by atoms with Crippen molar-refractivity contribution in [1.29, 1.82) is 0 Å². The van der Waals surface area contributed by atoms with Gasteiger partial charge < -0.3 is 4.42 Å². The molecule has 57 heavy (non-hydrogen) atoms. The molecule has 11 rings (SSSR count). The highest BCUT2D eigenvalue weighted by Gasteiger charge is 2.19. The lowest BCUT2D eigenvalue weighted by Crippen LogP contribution is -2.01. The van der Waals surface area contributed by atoms with Gasteiger partial charge in [0.15, 0.2) is 17.5 Å². The molecular formula is C53H33N3O. The molecule has 0 fully saturated rings. The first-order valence-electron chi connectivity index (χ1n) is 19.2. The van der Waals surface area contributed by atoms with E-state index < -0.39 is 0 Å². The normalized spacial score (nSPS) is 11.5. The second-order valence-electron chi connectivity index (χ2n) is 14.3. The van der Waals surface area contributed by atoms with Gasteiger partial charge in [-0.2, -0.15) is 0 Å². The lowest BCUT2D eigenvalue weighted by atomic mass is 9.92. The van der Waals surface area contributed by atoms with E-state index in [1.54, 1.807) is 0 Å². The Labute approximate surface area is 329 Å². The van der Waals surface area contributed by atoms with Crippen LogP contribution in [-0.4, -0.2) is 15.0 Å². The molecule has 0 aliphatic carbocycles. The molecule has 11 aromatic rings. The van der Waals surface area contributed by atoms with Crippen LogP contribution in [0.3, 0.4) is 0 Å².